The van der Waals surface area contributed by atoms with Crippen LogP contribution in [0.25, 0.3) is 0 Å². The van der Waals surface area contributed by atoms with Crippen molar-refractivity contribution >= 4 is 11.4 Å². The highest BCUT2D eigenvalue weighted by Crippen LogP contribution is 2.33. The van der Waals surface area contributed by atoms with Gasteiger partial charge in [0.2, 0.25) is 0 Å². The topological polar surface area (TPSA) is 38.5 Å². The van der Waals surface area contributed by atoms with E-state index < -0.39 is 0 Å². The molecule has 0 atom stereocenters. The van der Waals surface area contributed by atoms with Crippen LogP contribution >= 0.6 is 0 Å². The Labute approximate surface area is 124 Å². The fourth-order valence-electron chi connectivity index (χ4n) is 2.61. The predicted octanol–water partition coefficient (Wildman–Crippen LogP) is 3.59. The number of hydrogen-bond acceptors (Lipinski definition) is 3. The molecule has 21 heavy (non-hydrogen) atoms. The summed E-state index contributed by atoms with van der Waals surface area (Å²) in [6, 6.07) is 12.1. The number of benzene rings is 2. The molecule has 1 aliphatic heterocycles. The van der Waals surface area contributed by atoms with Crippen LogP contribution in [-0.4, -0.2) is 13.1 Å². The summed E-state index contributed by atoms with van der Waals surface area (Å²) < 4.78 is 18.8. The molecule has 0 amide bonds. The quantitative estimate of drug-likeness (QED) is 0.873. The molecule has 0 aromatic heterocycles. The van der Waals surface area contributed by atoms with E-state index in [0.717, 1.165) is 30.1 Å². The summed E-state index contributed by atoms with van der Waals surface area (Å²) in [5.74, 6) is 0.557. The number of nitrogen functional groups attached to an aromatic ring is 1. The summed E-state index contributed by atoms with van der Waals surface area (Å²) in [7, 11) is 0. The van der Waals surface area contributed by atoms with E-state index in [1.807, 2.05) is 18.2 Å². The van der Waals surface area contributed by atoms with Crippen molar-refractivity contribution in [2.45, 2.75) is 19.4 Å². The maximum absolute atomic E-state index is 12.9. The van der Waals surface area contributed by atoms with Gasteiger partial charge in [-0.15, -0.1) is 0 Å². The highest BCUT2D eigenvalue weighted by molar-refractivity contribution is 5.64. The molecule has 1 saturated heterocycles. The number of hydrogen-bond donors (Lipinski definition) is 1. The van der Waals surface area contributed by atoms with E-state index in [2.05, 4.69) is 4.90 Å². The molecule has 2 aromatic carbocycles. The number of halogens is 1. The van der Waals surface area contributed by atoms with Crippen LogP contribution < -0.4 is 15.4 Å². The van der Waals surface area contributed by atoms with E-state index in [9.17, 15) is 4.39 Å². The molecule has 3 rings (SSSR count). The fraction of sp³-hybridized carbons (Fsp3) is 0.294. The first-order valence-electron chi connectivity index (χ1n) is 7.24. The maximum atomic E-state index is 12.9. The normalized spacial score (nSPS) is 14.4. The highest BCUT2D eigenvalue weighted by atomic mass is 19.1. The Morgan fingerprint density at radius 1 is 1.05 bits per heavy atom. The molecular formula is C17H19FN2O. The van der Waals surface area contributed by atoms with Crippen LogP contribution in [0.3, 0.4) is 0 Å². The lowest BCUT2D eigenvalue weighted by atomic mass is 10.2. The molecule has 110 valence electrons. The number of rotatable bonds is 4. The van der Waals surface area contributed by atoms with E-state index in [4.69, 9.17) is 10.5 Å². The van der Waals surface area contributed by atoms with Crippen LogP contribution in [0.1, 0.15) is 18.4 Å². The highest BCUT2D eigenvalue weighted by Gasteiger charge is 2.16. The molecule has 0 aliphatic carbocycles. The first kappa shape index (κ1) is 13.7. The maximum Gasteiger partial charge on any atom is 0.145 e. The first-order valence-corrected chi connectivity index (χ1v) is 7.24. The number of ether oxygens (including phenoxy) is 1. The Morgan fingerprint density at radius 3 is 2.48 bits per heavy atom. The third-order valence-electron chi connectivity index (χ3n) is 3.74. The van der Waals surface area contributed by atoms with Crippen molar-refractivity contribution in [2.75, 3.05) is 23.7 Å². The third kappa shape index (κ3) is 3.27. The van der Waals surface area contributed by atoms with Gasteiger partial charge in [-0.05, 0) is 42.7 Å². The van der Waals surface area contributed by atoms with E-state index in [1.54, 1.807) is 12.1 Å². The van der Waals surface area contributed by atoms with Crippen LogP contribution in [0.2, 0.25) is 0 Å². The molecule has 1 fully saturated rings. The zero-order valence-electron chi connectivity index (χ0n) is 11.9. The standard InChI is InChI=1S/C17H19FN2O/c18-14-5-3-13(4-6-14)12-21-17-11-15(19)7-8-16(17)20-9-1-2-10-20/h3-8,11H,1-2,9-10,12,19H2. The average Bonchev–Trinajstić information content (AvgIpc) is 3.01. The van der Waals surface area contributed by atoms with Gasteiger partial charge in [-0.3, -0.25) is 0 Å². The van der Waals surface area contributed by atoms with Crippen molar-refractivity contribution in [2.24, 2.45) is 0 Å². The molecule has 0 saturated carbocycles. The van der Waals surface area contributed by atoms with Gasteiger partial charge in [-0.2, -0.15) is 0 Å². The molecule has 4 heteroatoms. The van der Waals surface area contributed by atoms with Crippen molar-refractivity contribution in [1.29, 1.82) is 0 Å². The van der Waals surface area contributed by atoms with E-state index in [1.165, 1.54) is 25.0 Å². The van der Waals surface area contributed by atoms with Gasteiger partial charge >= 0.3 is 0 Å². The second kappa shape index (κ2) is 6.04. The van der Waals surface area contributed by atoms with Crippen molar-refractivity contribution in [3.05, 3.63) is 53.8 Å². The van der Waals surface area contributed by atoms with Crippen LogP contribution in [0.15, 0.2) is 42.5 Å². The first-order chi connectivity index (χ1) is 10.2. The molecule has 2 aromatic rings. The summed E-state index contributed by atoms with van der Waals surface area (Å²) in [6.45, 7) is 2.51. The smallest absolute Gasteiger partial charge is 0.145 e. The van der Waals surface area contributed by atoms with E-state index >= 15 is 0 Å². The lowest BCUT2D eigenvalue weighted by Gasteiger charge is -2.21. The Balaban J connectivity index is 1.77. The van der Waals surface area contributed by atoms with Crippen molar-refractivity contribution < 1.29 is 9.13 Å². The van der Waals surface area contributed by atoms with Crippen molar-refractivity contribution in [3.63, 3.8) is 0 Å². The van der Waals surface area contributed by atoms with E-state index in [0.29, 0.717) is 12.3 Å². The Kier molecular flexibility index (Phi) is 3.95. The zero-order chi connectivity index (χ0) is 14.7. The lowest BCUT2D eigenvalue weighted by molar-refractivity contribution is 0.306. The summed E-state index contributed by atoms with van der Waals surface area (Å²) in [6.07, 6.45) is 2.42. The average molecular weight is 286 g/mol. The van der Waals surface area contributed by atoms with Gasteiger partial charge in [0.25, 0.3) is 0 Å². The Morgan fingerprint density at radius 2 is 1.76 bits per heavy atom. The van der Waals surface area contributed by atoms with Gasteiger partial charge in [-0.1, -0.05) is 12.1 Å². The Hall–Kier alpha value is -2.23. The molecule has 3 nitrogen and oxygen atoms in total. The minimum atomic E-state index is -0.236. The van der Waals surface area contributed by atoms with Crippen molar-refractivity contribution in [1.82, 2.24) is 0 Å². The molecular weight excluding hydrogens is 267 g/mol. The summed E-state index contributed by atoms with van der Waals surface area (Å²) in [5, 5.41) is 0. The minimum Gasteiger partial charge on any atom is -0.487 e. The third-order valence-corrected chi connectivity index (χ3v) is 3.74. The van der Waals surface area contributed by atoms with Gasteiger partial charge < -0.3 is 15.4 Å². The van der Waals surface area contributed by atoms with Gasteiger partial charge in [0.05, 0.1) is 5.69 Å². The van der Waals surface area contributed by atoms with Crippen LogP contribution in [0, 0.1) is 5.82 Å². The number of nitrogens with two attached hydrogens (primary N) is 1. The van der Waals surface area contributed by atoms with Crippen LogP contribution in [0.4, 0.5) is 15.8 Å². The second-order valence-corrected chi connectivity index (χ2v) is 5.34. The van der Waals surface area contributed by atoms with Gasteiger partial charge in [-0.25, -0.2) is 4.39 Å². The summed E-state index contributed by atoms with van der Waals surface area (Å²) in [5.41, 5.74) is 8.58. The number of nitrogens with zero attached hydrogens (tertiary/aromatic N) is 1. The molecule has 1 heterocycles. The lowest BCUT2D eigenvalue weighted by Crippen LogP contribution is -2.18. The van der Waals surface area contributed by atoms with Gasteiger partial charge in [0, 0.05) is 24.8 Å². The molecule has 1 aliphatic rings. The van der Waals surface area contributed by atoms with Gasteiger partial charge in [0.1, 0.15) is 18.2 Å². The second-order valence-electron chi connectivity index (χ2n) is 5.34. The largest absolute Gasteiger partial charge is 0.487 e. The summed E-state index contributed by atoms with van der Waals surface area (Å²) >= 11 is 0. The van der Waals surface area contributed by atoms with E-state index in [-0.39, 0.29) is 5.82 Å². The van der Waals surface area contributed by atoms with Gasteiger partial charge in [0.15, 0.2) is 0 Å². The van der Waals surface area contributed by atoms with Crippen LogP contribution in [-0.2, 0) is 6.61 Å². The van der Waals surface area contributed by atoms with Crippen LogP contribution in [0.5, 0.6) is 5.75 Å². The molecule has 0 bridgehead atoms. The zero-order valence-corrected chi connectivity index (χ0v) is 11.9. The Bertz CT molecular complexity index is 607. The number of anilines is 2. The molecule has 0 unspecified atom stereocenters. The molecule has 0 radical (unpaired) electrons. The SMILES string of the molecule is Nc1ccc(N2CCCC2)c(OCc2ccc(F)cc2)c1. The fourth-order valence-corrected chi connectivity index (χ4v) is 2.61. The monoisotopic (exact) mass is 286 g/mol. The molecule has 2 N–H and O–H groups in total. The van der Waals surface area contributed by atoms with Crippen molar-refractivity contribution in [3.8, 4) is 5.75 Å². The predicted molar refractivity (Wildman–Crippen MR) is 83.0 cm³/mol. The summed E-state index contributed by atoms with van der Waals surface area (Å²) in [4.78, 5) is 2.32. The minimum absolute atomic E-state index is 0.236. The molecule has 0 spiro atoms.